The molecule has 0 aliphatic heterocycles. The minimum Gasteiger partial charge on any atom is -0.396 e. The summed E-state index contributed by atoms with van der Waals surface area (Å²) in [6.45, 7) is 0.284. The average molecular weight is 142 g/mol. The van der Waals surface area contributed by atoms with Gasteiger partial charge in [-0.3, -0.25) is 0 Å². The molecule has 2 bridgehead atoms. The molecule has 2 rings (SSSR count). The molecule has 58 valence electrons. The standard InChI is InChI=1S/C8H14O2/c9-4-7-5-1-2-6(7)8(10)3-5/h5-10H,1-4H2/t5-,6+,7+,8+/m1/s1. The van der Waals surface area contributed by atoms with E-state index in [2.05, 4.69) is 0 Å². The first-order valence-corrected chi connectivity index (χ1v) is 4.12. The third-order valence-corrected chi connectivity index (χ3v) is 3.28. The van der Waals surface area contributed by atoms with Gasteiger partial charge in [0.05, 0.1) is 6.10 Å². The van der Waals surface area contributed by atoms with Crippen LogP contribution in [-0.2, 0) is 0 Å². The van der Waals surface area contributed by atoms with Gasteiger partial charge in [0.2, 0.25) is 0 Å². The van der Waals surface area contributed by atoms with Crippen LogP contribution in [0.5, 0.6) is 0 Å². The van der Waals surface area contributed by atoms with E-state index in [0.717, 1.165) is 12.8 Å². The molecule has 2 nitrogen and oxygen atoms in total. The zero-order chi connectivity index (χ0) is 7.14. The lowest BCUT2D eigenvalue weighted by Gasteiger charge is -2.15. The molecule has 0 spiro atoms. The summed E-state index contributed by atoms with van der Waals surface area (Å²) in [7, 11) is 0. The van der Waals surface area contributed by atoms with Crippen LogP contribution in [0.2, 0.25) is 0 Å². The maximum Gasteiger partial charge on any atom is 0.0574 e. The monoisotopic (exact) mass is 142 g/mol. The Morgan fingerprint density at radius 2 is 2.10 bits per heavy atom. The summed E-state index contributed by atoms with van der Waals surface area (Å²) in [6.07, 6.45) is 3.20. The Labute approximate surface area is 60.9 Å². The fraction of sp³-hybridized carbons (Fsp3) is 1.00. The van der Waals surface area contributed by atoms with Gasteiger partial charge in [0.1, 0.15) is 0 Å². The van der Waals surface area contributed by atoms with Crippen molar-refractivity contribution in [3.63, 3.8) is 0 Å². The van der Waals surface area contributed by atoms with Crippen molar-refractivity contribution in [2.24, 2.45) is 17.8 Å². The van der Waals surface area contributed by atoms with E-state index in [1.54, 1.807) is 0 Å². The molecule has 2 saturated carbocycles. The van der Waals surface area contributed by atoms with Gasteiger partial charge in [-0.2, -0.15) is 0 Å². The van der Waals surface area contributed by atoms with E-state index in [4.69, 9.17) is 5.11 Å². The highest BCUT2D eigenvalue weighted by Crippen LogP contribution is 2.48. The fourth-order valence-electron chi connectivity index (χ4n) is 2.72. The van der Waals surface area contributed by atoms with Crippen LogP contribution < -0.4 is 0 Å². The fourth-order valence-corrected chi connectivity index (χ4v) is 2.72. The van der Waals surface area contributed by atoms with Crippen LogP contribution in [0, 0.1) is 17.8 Å². The van der Waals surface area contributed by atoms with Gasteiger partial charge in [-0.1, -0.05) is 0 Å². The second-order valence-electron chi connectivity index (χ2n) is 3.65. The number of fused-ring (bicyclic) bond motifs is 2. The molecule has 10 heavy (non-hydrogen) atoms. The molecule has 0 radical (unpaired) electrons. The zero-order valence-electron chi connectivity index (χ0n) is 6.03. The first-order valence-electron chi connectivity index (χ1n) is 4.12. The molecule has 0 aromatic heterocycles. The van der Waals surface area contributed by atoms with Crippen molar-refractivity contribution in [1.29, 1.82) is 0 Å². The topological polar surface area (TPSA) is 40.5 Å². The maximum absolute atomic E-state index is 9.41. The largest absolute Gasteiger partial charge is 0.396 e. The van der Waals surface area contributed by atoms with Gasteiger partial charge in [-0.15, -0.1) is 0 Å². The summed E-state index contributed by atoms with van der Waals surface area (Å²) in [4.78, 5) is 0. The lowest BCUT2D eigenvalue weighted by molar-refractivity contribution is 0.0974. The SMILES string of the molecule is OC[C@H]1[C@@H]2CC[C@@H]1[C@@H](O)C2. The van der Waals surface area contributed by atoms with Gasteiger partial charge in [0.25, 0.3) is 0 Å². The summed E-state index contributed by atoms with van der Waals surface area (Å²) in [6, 6.07) is 0. The lowest BCUT2D eigenvalue weighted by Crippen LogP contribution is -2.18. The number of rotatable bonds is 1. The average Bonchev–Trinajstić information content (AvgIpc) is 2.42. The van der Waals surface area contributed by atoms with Gasteiger partial charge < -0.3 is 10.2 Å². The van der Waals surface area contributed by atoms with E-state index < -0.39 is 0 Å². The van der Waals surface area contributed by atoms with Crippen LogP contribution in [0.3, 0.4) is 0 Å². The summed E-state index contributed by atoms with van der Waals surface area (Å²) < 4.78 is 0. The van der Waals surface area contributed by atoms with Crippen molar-refractivity contribution in [1.82, 2.24) is 0 Å². The quantitative estimate of drug-likeness (QED) is 0.556. The van der Waals surface area contributed by atoms with Crippen LogP contribution in [0.15, 0.2) is 0 Å². The number of aliphatic hydroxyl groups is 2. The van der Waals surface area contributed by atoms with Gasteiger partial charge in [-0.05, 0) is 37.0 Å². The van der Waals surface area contributed by atoms with Crippen LogP contribution in [0.4, 0.5) is 0 Å². The molecular weight excluding hydrogens is 128 g/mol. The number of hydrogen-bond donors (Lipinski definition) is 2. The second-order valence-corrected chi connectivity index (χ2v) is 3.65. The van der Waals surface area contributed by atoms with E-state index in [1.165, 1.54) is 6.42 Å². The third kappa shape index (κ3) is 0.722. The molecule has 2 N–H and O–H groups in total. The van der Waals surface area contributed by atoms with Crippen molar-refractivity contribution >= 4 is 0 Å². The number of aliphatic hydroxyl groups excluding tert-OH is 2. The highest BCUT2D eigenvalue weighted by atomic mass is 16.3. The Morgan fingerprint density at radius 1 is 1.30 bits per heavy atom. The van der Waals surface area contributed by atoms with Crippen LogP contribution >= 0.6 is 0 Å². The van der Waals surface area contributed by atoms with E-state index in [9.17, 15) is 5.11 Å². The maximum atomic E-state index is 9.41. The molecule has 0 heterocycles. The Kier molecular flexibility index (Phi) is 1.46. The number of hydrogen-bond acceptors (Lipinski definition) is 2. The minimum atomic E-state index is -0.101. The van der Waals surface area contributed by atoms with Gasteiger partial charge in [-0.25, -0.2) is 0 Å². The summed E-state index contributed by atoms with van der Waals surface area (Å²) >= 11 is 0. The Bertz CT molecular complexity index is 135. The van der Waals surface area contributed by atoms with Gasteiger partial charge >= 0.3 is 0 Å². The van der Waals surface area contributed by atoms with Crippen LogP contribution in [-0.4, -0.2) is 22.9 Å². The van der Waals surface area contributed by atoms with Crippen LogP contribution in [0.1, 0.15) is 19.3 Å². The Hall–Kier alpha value is -0.0800. The first-order chi connectivity index (χ1) is 4.83. The molecule has 0 amide bonds. The molecular formula is C8H14O2. The molecule has 0 aromatic rings. The third-order valence-electron chi connectivity index (χ3n) is 3.28. The highest BCUT2D eigenvalue weighted by molar-refractivity contribution is 4.96. The Morgan fingerprint density at radius 3 is 2.40 bits per heavy atom. The zero-order valence-corrected chi connectivity index (χ0v) is 6.03. The predicted octanol–water partition coefficient (Wildman–Crippen LogP) is 0.386. The van der Waals surface area contributed by atoms with E-state index in [-0.39, 0.29) is 12.7 Å². The normalized spacial score (nSPS) is 52.2. The minimum absolute atomic E-state index is 0.101. The van der Waals surface area contributed by atoms with Crippen molar-refractivity contribution in [3.8, 4) is 0 Å². The van der Waals surface area contributed by atoms with Gasteiger partial charge in [0, 0.05) is 6.61 Å². The van der Waals surface area contributed by atoms with Crippen LogP contribution in [0.25, 0.3) is 0 Å². The summed E-state index contributed by atoms with van der Waals surface area (Å²) in [5, 5.41) is 18.4. The Balaban J connectivity index is 2.11. The van der Waals surface area contributed by atoms with Crippen molar-refractivity contribution < 1.29 is 10.2 Å². The molecule has 0 saturated heterocycles. The van der Waals surface area contributed by atoms with Crippen molar-refractivity contribution in [2.45, 2.75) is 25.4 Å². The summed E-state index contributed by atoms with van der Waals surface area (Å²) in [5.74, 6) is 1.48. The first kappa shape index (κ1) is 6.62. The van der Waals surface area contributed by atoms with Crippen molar-refractivity contribution in [2.75, 3.05) is 6.61 Å². The van der Waals surface area contributed by atoms with E-state index in [0.29, 0.717) is 17.8 Å². The van der Waals surface area contributed by atoms with Gasteiger partial charge in [0.15, 0.2) is 0 Å². The molecule has 4 atom stereocenters. The summed E-state index contributed by atoms with van der Waals surface area (Å²) in [5.41, 5.74) is 0. The predicted molar refractivity (Wildman–Crippen MR) is 37.4 cm³/mol. The molecule has 2 fully saturated rings. The lowest BCUT2D eigenvalue weighted by atomic mass is 9.97. The molecule has 0 unspecified atom stereocenters. The molecule has 2 heteroatoms. The van der Waals surface area contributed by atoms with E-state index >= 15 is 0 Å². The molecule has 2 aliphatic carbocycles. The van der Waals surface area contributed by atoms with E-state index in [1.807, 2.05) is 0 Å². The smallest absolute Gasteiger partial charge is 0.0574 e. The molecule has 2 aliphatic rings. The molecule has 0 aromatic carbocycles. The second kappa shape index (κ2) is 2.21. The van der Waals surface area contributed by atoms with Crippen molar-refractivity contribution in [3.05, 3.63) is 0 Å². The highest BCUT2D eigenvalue weighted by Gasteiger charge is 2.46.